The van der Waals surface area contributed by atoms with Gasteiger partial charge in [0.1, 0.15) is 5.75 Å². The fourth-order valence-corrected chi connectivity index (χ4v) is 3.23. The van der Waals surface area contributed by atoms with Crippen molar-refractivity contribution in [3.63, 3.8) is 0 Å². The largest absolute Gasteiger partial charge is 0.495 e. The minimum absolute atomic E-state index is 0.00840. The molecule has 4 rings (SSSR count). The van der Waals surface area contributed by atoms with Gasteiger partial charge in [0, 0.05) is 23.1 Å². The van der Waals surface area contributed by atoms with Crippen LogP contribution < -0.4 is 4.74 Å². The number of pyridine rings is 1. The Kier molecular flexibility index (Phi) is 4.26. The van der Waals surface area contributed by atoms with Crippen LogP contribution in [0.25, 0.3) is 33.3 Å². The molecule has 0 spiro atoms. The Labute approximate surface area is 156 Å². The molecule has 0 fully saturated rings. The average molecular weight is 356 g/mol. The highest BCUT2D eigenvalue weighted by molar-refractivity contribution is 5.99. The Hall–Kier alpha value is -3.73. The van der Waals surface area contributed by atoms with Gasteiger partial charge in [-0.15, -0.1) is 0 Å². The molecule has 4 aromatic rings. The molecule has 5 heteroatoms. The standard InChI is InChI=1S/C22H16N2O3/c1-27-22-18-14-17(24(25)26)12-13-19(18)23-21(16-10-6-3-7-11-16)20(22)15-8-4-2-5-9-15/h2-14H,1H3. The van der Waals surface area contributed by atoms with Crippen LogP contribution in [-0.2, 0) is 0 Å². The Morgan fingerprint density at radius 3 is 2.11 bits per heavy atom. The molecule has 0 saturated heterocycles. The molecule has 132 valence electrons. The monoisotopic (exact) mass is 356 g/mol. The molecular formula is C22H16N2O3. The Morgan fingerprint density at radius 2 is 1.52 bits per heavy atom. The van der Waals surface area contributed by atoms with Crippen molar-refractivity contribution in [2.24, 2.45) is 0 Å². The van der Waals surface area contributed by atoms with Crippen LogP contribution in [0.1, 0.15) is 0 Å². The predicted octanol–water partition coefficient (Wildman–Crippen LogP) is 5.49. The number of nitro groups is 1. The van der Waals surface area contributed by atoms with E-state index in [4.69, 9.17) is 9.72 Å². The molecule has 27 heavy (non-hydrogen) atoms. The summed E-state index contributed by atoms with van der Waals surface area (Å²) in [5, 5.41) is 11.8. The zero-order valence-electron chi connectivity index (χ0n) is 14.6. The molecule has 0 bridgehead atoms. The van der Waals surface area contributed by atoms with E-state index in [1.165, 1.54) is 12.1 Å². The summed E-state index contributed by atoms with van der Waals surface area (Å²) in [4.78, 5) is 15.6. The van der Waals surface area contributed by atoms with Gasteiger partial charge in [0.15, 0.2) is 0 Å². The van der Waals surface area contributed by atoms with E-state index in [1.807, 2.05) is 60.7 Å². The van der Waals surface area contributed by atoms with Crippen LogP contribution in [0.3, 0.4) is 0 Å². The van der Waals surface area contributed by atoms with E-state index in [9.17, 15) is 10.1 Å². The first-order valence-corrected chi connectivity index (χ1v) is 8.46. The number of methoxy groups -OCH3 is 1. The zero-order valence-corrected chi connectivity index (χ0v) is 14.6. The van der Waals surface area contributed by atoms with Crippen molar-refractivity contribution < 1.29 is 9.66 Å². The number of benzene rings is 3. The topological polar surface area (TPSA) is 65.3 Å². The second-order valence-electron chi connectivity index (χ2n) is 6.06. The number of aromatic nitrogens is 1. The summed E-state index contributed by atoms with van der Waals surface area (Å²) in [7, 11) is 1.58. The van der Waals surface area contributed by atoms with Gasteiger partial charge < -0.3 is 4.74 Å². The third kappa shape index (κ3) is 3.00. The number of nitrogens with zero attached hydrogens (tertiary/aromatic N) is 2. The van der Waals surface area contributed by atoms with Gasteiger partial charge in [-0.3, -0.25) is 10.1 Å². The summed E-state index contributed by atoms with van der Waals surface area (Å²) in [6.45, 7) is 0. The van der Waals surface area contributed by atoms with E-state index in [0.717, 1.165) is 22.4 Å². The van der Waals surface area contributed by atoms with Crippen molar-refractivity contribution in [2.45, 2.75) is 0 Å². The average Bonchev–Trinajstić information content (AvgIpc) is 2.73. The maximum Gasteiger partial charge on any atom is 0.270 e. The maximum absolute atomic E-state index is 11.2. The van der Waals surface area contributed by atoms with Crippen molar-refractivity contribution in [1.82, 2.24) is 4.98 Å². The van der Waals surface area contributed by atoms with Crippen LogP contribution in [0.15, 0.2) is 78.9 Å². The van der Waals surface area contributed by atoms with Crippen molar-refractivity contribution in [3.8, 4) is 28.1 Å². The van der Waals surface area contributed by atoms with Crippen molar-refractivity contribution in [2.75, 3.05) is 7.11 Å². The van der Waals surface area contributed by atoms with Crippen LogP contribution >= 0.6 is 0 Å². The van der Waals surface area contributed by atoms with Crippen LogP contribution in [0.4, 0.5) is 5.69 Å². The van der Waals surface area contributed by atoms with Crippen molar-refractivity contribution in [1.29, 1.82) is 0 Å². The summed E-state index contributed by atoms with van der Waals surface area (Å²) < 4.78 is 5.75. The first kappa shape index (κ1) is 16.7. The van der Waals surface area contributed by atoms with Gasteiger partial charge >= 0.3 is 0 Å². The van der Waals surface area contributed by atoms with Gasteiger partial charge in [-0.2, -0.15) is 0 Å². The molecule has 0 radical (unpaired) electrons. The molecule has 0 aliphatic carbocycles. The number of rotatable bonds is 4. The Morgan fingerprint density at radius 1 is 0.889 bits per heavy atom. The summed E-state index contributed by atoms with van der Waals surface area (Å²) in [6, 6.07) is 24.3. The molecule has 0 aliphatic rings. The Bertz CT molecular complexity index is 1130. The van der Waals surface area contributed by atoms with E-state index in [1.54, 1.807) is 13.2 Å². The lowest BCUT2D eigenvalue weighted by molar-refractivity contribution is -0.384. The first-order chi connectivity index (χ1) is 13.2. The van der Waals surface area contributed by atoms with Crippen LogP contribution in [-0.4, -0.2) is 17.0 Å². The Balaban J connectivity index is 2.13. The van der Waals surface area contributed by atoms with E-state index < -0.39 is 4.92 Å². The van der Waals surface area contributed by atoms with Gasteiger partial charge in [-0.05, 0) is 11.6 Å². The number of ether oxygens (including phenoxy) is 1. The van der Waals surface area contributed by atoms with Crippen LogP contribution in [0.2, 0.25) is 0 Å². The molecular weight excluding hydrogens is 340 g/mol. The third-order valence-corrected chi connectivity index (χ3v) is 4.45. The highest BCUT2D eigenvalue weighted by atomic mass is 16.6. The van der Waals surface area contributed by atoms with Crippen LogP contribution in [0, 0.1) is 10.1 Å². The minimum atomic E-state index is -0.411. The molecule has 0 saturated carbocycles. The number of nitro benzene ring substituents is 1. The second kappa shape index (κ2) is 6.88. The van der Waals surface area contributed by atoms with Gasteiger partial charge in [0.25, 0.3) is 5.69 Å². The number of fused-ring (bicyclic) bond motifs is 1. The van der Waals surface area contributed by atoms with Gasteiger partial charge in [-0.25, -0.2) is 4.98 Å². The van der Waals surface area contributed by atoms with Crippen molar-refractivity contribution in [3.05, 3.63) is 89.0 Å². The molecule has 0 unspecified atom stereocenters. The normalized spacial score (nSPS) is 10.7. The molecule has 3 aromatic carbocycles. The maximum atomic E-state index is 11.2. The SMILES string of the molecule is COc1c(-c2ccccc2)c(-c2ccccc2)nc2ccc([N+](=O)[O-])cc12. The number of hydrogen-bond donors (Lipinski definition) is 0. The van der Waals surface area contributed by atoms with Gasteiger partial charge in [0.05, 0.1) is 28.8 Å². The van der Waals surface area contributed by atoms with E-state index in [2.05, 4.69) is 0 Å². The predicted molar refractivity (Wildman–Crippen MR) is 106 cm³/mol. The highest BCUT2D eigenvalue weighted by Gasteiger charge is 2.20. The van der Waals surface area contributed by atoms with E-state index in [-0.39, 0.29) is 5.69 Å². The fraction of sp³-hybridized carbons (Fsp3) is 0.0455. The minimum Gasteiger partial charge on any atom is -0.495 e. The lowest BCUT2D eigenvalue weighted by Gasteiger charge is -2.16. The second-order valence-corrected chi connectivity index (χ2v) is 6.06. The molecule has 0 atom stereocenters. The van der Waals surface area contributed by atoms with Crippen LogP contribution in [0.5, 0.6) is 5.75 Å². The summed E-state index contributed by atoms with van der Waals surface area (Å²) in [6.07, 6.45) is 0. The molecule has 1 aromatic heterocycles. The molecule has 0 aliphatic heterocycles. The molecule has 0 N–H and O–H groups in total. The highest BCUT2D eigenvalue weighted by Crippen LogP contribution is 2.43. The molecule has 0 amide bonds. The first-order valence-electron chi connectivity index (χ1n) is 8.46. The summed E-state index contributed by atoms with van der Waals surface area (Å²) in [5.74, 6) is 0.578. The molecule has 1 heterocycles. The summed E-state index contributed by atoms with van der Waals surface area (Å²) >= 11 is 0. The zero-order chi connectivity index (χ0) is 18.8. The lowest BCUT2D eigenvalue weighted by atomic mass is 9.96. The number of non-ortho nitro benzene ring substituents is 1. The van der Waals surface area contributed by atoms with Crippen molar-refractivity contribution >= 4 is 16.6 Å². The smallest absolute Gasteiger partial charge is 0.270 e. The van der Waals surface area contributed by atoms with Gasteiger partial charge in [0.2, 0.25) is 0 Å². The lowest BCUT2D eigenvalue weighted by Crippen LogP contribution is -1.98. The number of hydrogen-bond acceptors (Lipinski definition) is 4. The quantitative estimate of drug-likeness (QED) is 0.358. The third-order valence-electron chi connectivity index (χ3n) is 4.45. The van der Waals surface area contributed by atoms with E-state index >= 15 is 0 Å². The summed E-state index contributed by atoms with van der Waals surface area (Å²) in [5.41, 5.74) is 4.14. The fourth-order valence-electron chi connectivity index (χ4n) is 3.23. The van der Waals surface area contributed by atoms with E-state index in [0.29, 0.717) is 16.7 Å². The molecule has 5 nitrogen and oxygen atoms in total. The van der Waals surface area contributed by atoms with Gasteiger partial charge in [-0.1, -0.05) is 60.7 Å².